The molecule has 0 bridgehead atoms. The maximum absolute atomic E-state index is 13.2. The molecule has 0 N–H and O–H groups in total. The molecular formula is C32H32F3N3O3. The van der Waals surface area contributed by atoms with Gasteiger partial charge in [-0.3, -0.25) is 9.69 Å². The number of amides is 1. The zero-order valence-corrected chi connectivity index (χ0v) is 22.8. The highest BCUT2D eigenvalue weighted by molar-refractivity contribution is 5.91. The van der Waals surface area contributed by atoms with Crippen molar-refractivity contribution < 1.29 is 27.1 Å². The Bertz CT molecular complexity index is 1430. The molecule has 2 heterocycles. The van der Waals surface area contributed by atoms with Crippen molar-refractivity contribution in [2.45, 2.75) is 25.8 Å². The molecule has 1 aliphatic rings. The van der Waals surface area contributed by atoms with Crippen LogP contribution in [0.1, 0.15) is 33.0 Å². The number of anilines is 1. The van der Waals surface area contributed by atoms with Gasteiger partial charge in [-0.15, -0.1) is 0 Å². The third-order valence-corrected chi connectivity index (χ3v) is 7.17. The molecule has 0 radical (unpaired) electrons. The Hall–Kier alpha value is -4.24. The Morgan fingerprint density at radius 3 is 2.17 bits per heavy atom. The summed E-state index contributed by atoms with van der Waals surface area (Å²) in [5, 5.41) is 0. The van der Waals surface area contributed by atoms with E-state index in [1.807, 2.05) is 53.4 Å². The van der Waals surface area contributed by atoms with Crippen LogP contribution in [-0.2, 0) is 25.8 Å². The number of benzene rings is 3. The molecule has 41 heavy (non-hydrogen) atoms. The second-order valence-electron chi connectivity index (χ2n) is 10.1. The molecule has 3 aromatic carbocycles. The number of piperazine rings is 1. The molecule has 0 saturated carbocycles. The topological polar surface area (TPSA) is 49.2 Å². The second kappa shape index (κ2) is 12.5. The van der Waals surface area contributed by atoms with Crippen LogP contribution in [0.2, 0.25) is 0 Å². The van der Waals surface area contributed by atoms with Crippen molar-refractivity contribution >= 4 is 11.6 Å². The minimum absolute atomic E-state index is 0.218. The number of alkyl halides is 3. The van der Waals surface area contributed by atoms with Crippen LogP contribution in [0.4, 0.5) is 18.9 Å². The number of rotatable bonds is 9. The monoisotopic (exact) mass is 563 g/mol. The molecule has 0 atom stereocenters. The van der Waals surface area contributed by atoms with E-state index in [0.29, 0.717) is 57.3 Å². The number of ether oxygens (including phenoxy) is 1. The molecule has 4 aromatic rings. The lowest BCUT2D eigenvalue weighted by Gasteiger charge is -2.36. The molecule has 9 heteroatoms. The van der Waals surface area contributed by atoms with E-state index in [-0.39, 0.29) is 11.7 Å². The van der Waals surface area contributed by atoms with Gasteiger partial charge in [0, 0.05) is 45.0 Å². The summed E-state index contributed by atoms with van der Waals surface area (Å²) in [6.07, 6.45) is -4.39. The summed E-state index contributed by atoms with van der Waals surface area (Å²) in [5.41, 5.74) is 2.12. The maximum atomic E-state index is 13.2. The quantitative estimate of drug-likeness (QED) is 0.234. The standard InChI is InChI=1S/C32H32F3N3O3/c1-40-28-12-10-25(11-13-28)22-36(21-24-6-3-2-4-7-24)23-29-14-15-30(41-29)31(39)38-18-16-37(17-19-38)27-9-5-8-26(20-27)32(33,34)35/h2-15,20H,16-19,21-23H2,1H3. The predicted molar refractivity (Wildman–Crippen MR) is 151 cm³/mol. The third kappa shape index (κ3) is 7.29. The van der Waals surface area contributed by atoms with Gasteiger partial charge in [-0.05, 0) is 53.6 Å². The van der Waals surface area contributed by atoms with Gasteiger partial charge >= 0.3 is 6.18 Å². The van der Waals surface area contributed by atoms with Crippen molar-refractivity contribution in [3.05, 3.63) is 119 Å². The first-order valence-corrected chi connectivity index (χ1v) is 13.5. The van der Waals surface area contributed by atoms with Crippen LogP contribution in [0.3, 0.4) is 0 Å². The SMILES string of the molecule is COc1ccc(CN(Cc2ccccc2)Cc2ccc(C(=O)N3CCN(c4cccc(C(F)(F)F)c4)CC3)o2)cc1. The highest BCUT2D eigenvalue weighted by atomic mass is 19.4. The number of hydrogen-bond acceptors (Lipinski definition) is 5. The first-order chi connectivity index (χ1) is 19.8. The third-order valence-electron chi connectivity index (χ3n) is 7.17. The number of carbonyl (C=O) groups is 1. The summed E-state index contributed by atoms with van der Waals surface area (Å²) in [7, 11) is 1.64. The maximum Gasteiger partial charge on any atom is 0.416 e. The minimum Gasteiger partial charge on any atom is -0.497 e. The molecule has 1 aromatic heterocycles. The summed E-state index contributed by atoms with van der Waals surface area (Å²) < 4.78 is 50.7. The van der Waals surface area contributed by atoms with Crippen LogP contribution in [0.25, 0.3) is 0 Å². The Morgan fingerprint density at radius 2 is 1.51 bits per heavy atom. The van der Waals surface area contributed by atoms with Gasteiger partial charge in [0.05, 0.1) is 19.2 Å². The van der Waals surface area contributed by atoms with E-state index in [4.69, 9.17) is 9.15 Å². The lowest BCUT2D eigenvalue weighted by atomic mass is 10.1. The summed E-state index contributed by atoms with van der Waals surface area (Å²) >= 11 is 0. The zero-order chi connectivity index (χ0) is 28.8. The fourth-order valence-corrected chi connectivity index (χ4v) is 5.00. The van der Waals surface area contributed by atoms with E-state index in [0.717, 1.165) is 23.4 Å². The van der Waals surface area contributed by atoms with Crippen molar-refractivity contribution in [2.75, 3.05) is 38.2 Å². The van der Waals surface area contributed by atoms with Gasteiger partial charge in [-0.2, -0.15) is 13.2 Å². The van der Waals surface area contributed by atoms with Crippen LogP contribution < -0.4 is 9.64 Å². The molecule has 0 aliphatic carbocycles. The molecule has 1 fully saturated rings. The van der Waals surface area contributed by atoms with Crippen LogP contribution in [-0.4, -0.2) is 49.0 Å². The fraction of sp³-hybridized carbons (Fsp3) is 0.281. The number of methoxy groups -OCH3 is 1. The van der Waals surface area contributed by atoms with E-state index in [2.05, 4.69) is 17.0 Å². The van der Waals surface area contributed by atoms with E-state index in [1.54, 1.807) is 24.1 Å². The van der Waals surface area contributed by atoms with Crippen LogP contribution in [0.5, 0.6) is 5.75 Å². The highest BCUT2D eigenvalue weighted by Gasteiger charge is 2.31. The fourth-order valence-electron chi connectivity index (χ4n) is 5.00. The molecule has 0 unspecified atom stereocenters. The van der Waals surface area contributed by atoms with Crippen molar-refractivity contribution in [2.24, 2.45) is 0 Å². The van der Waals surface area contributed by atoms with Gasteiger partial charge in [0.2, 0.25) is 0 Å². The van der Waals surface area contributed by atoms with Gasteiger partial charge in [-0.25, -0.2) is 0 Å². The minimum atomic E-state index is -4.39. The number of nitrogens with zero attached hydrogens (tertiary/aromatic N) is 3. The molecule has 1 aliphatic heterocycles. The molecule has 6 nitrogen and oxygen atoms in total. The van der Waals surface area contributed by atoms with E-state index >= 15 is 0 Å². The smallest absolute Gasteiger partial charge is 0.416 e. The Kier molecular flexibility index (Phi) is 8.64. The van der Waals surface area contributed by atoms with Gasteiger partial charge in [0.15, 0.2) is 5.76 Å². The molecular weight excluding hydrogens is 531 g/mol. The van der Waals surface area contributed by atoms with Gasteiger partial charge in [0.25, 0.3) is 5.91 Å². The van der Waals surface area contributed by atoms with Gasteiger partial charge in [-0.1, -0.05) is 48.5 Å². The normalized spacial score (nSPS) is 14.0. The molecule has 0 spiro atoms. The average molecular weight is 564 g/mol. The molecule has 214 valence electrons. The Labute approximate surface area is 237 Å². The van der Waals surface area contributed by atoms with Crippen LogP contribution in [0.15, 0.2) is 95.4 Å². The largest absolute Gasteiger partial charge is 0.497 e. The first kappa shape index (κ1) is 28.3. The van der Waals surface area contributed by atoms with Crippen molar-refractivity contribution in [3.8, 4) is 5.75 Å². The number of halogens is 3. The summed E-state index contributed by atoms with van der Waals surface area (Å²) in [6, 6.07) is 26.9. The molecule has 5 rings (SSSR count). The number of carbonyl (C=O) groups excluding carboxylic acids is 1. The summed E-state index contributed by atoms with van der Waals surface area (Å²) in [5.74, 6) is 1.52. The van der Waals surface area contributed by atoms with Gasteiger partial charge in [0.1, 0.15) is 11.5 Å². The highest BCUT2D eigenvalue weighted by Crippen LogP contribution is 2.32. The second-order valence-corrected chi connectivity index (χ2v) is 10.1. The van der Waals surface area contributed by atoms with Crippen molar-refractivity contribution in [1.29, 1.82) is 0 Å². The molecule has 1 saturated heterocycles. The van der Waals surface area contributed by atoms with Crippen LogP contribution in [0, 0.1) is 0 Å². The Balaban J connectivity index is 1.22. The Morgan fingerprint density at radius 1 is 0.829 bits per heavy atom. The van der Waals surface area contributed by atoms with Crippen molar-refractivity contribution in [1.82, 2.24) is 9.80 Å². The lowest BCUT2D eigenvalue weighted by molar-refractivity contribution is -0.137. The zero-order valence-electron chi connectivity index (χ0n) is 22.8. The van der Waals surface area contributed by atoms with Gasteiger partial charge < -0.3 is 19.0 Å². The number of furan rings is 1. The van der Waals surface area contributed by atoms with Crippen LogP contribution >= 0.6 is 0 Å². The number of hydrogen-bond donors (Lipinski definition) is 0. The average Bonchev–Trinajstić information content (AvgIpc) is 3.46. The first-order valence-electron chi connectivity index (χ1n) is 13.5. The lowest BCUT2D eigenvalue weighted by Crippen LogP contribution is -2.48. The summed E-state index contributed by atoms with van der Waals surface area (Å²) in [4.78, 5) is 19.0. The van der Waals surface area contributed by atoms with E-state index in [1.165, 1.54) is 11.6 Å². The summed E-state index contributed by atoms with van der Waals surface area (Å²) in [6.45, 7) is 3.55. The van der Waals surface area contributed by atoms with Crippen molar-refractivity contribution in [3.63, 3.8) is 0 Å². The van der Waals surface area contributed by atoms with E-state index < -0.39 is 11.7 Å². The molecule has 1 amide bonds. The van der Waals surface area contributed by atoms with E-state index in [9.17, 15) is 18.0 Å². The predicted octanol–water partition coefficient (Wildman–Crippen LogP) is 6.47.